The summed E-state index contributed by atoms with van der Waals surface area (Å²) in [5, 5.41) is 4.98. The van der Waals surface area contributed by atoms with Crippen molar-refractivity contribution in [2.45, 2.75) is 51.7 Å². The Kier molecular flexibility index (Phi) is 4.78. The van der Waals surface area contributed by atoms with Crippen LogP contribution >= 0.6 is 11.3 Å². The van der Waals surface area contributed by atoms with Gasteiger partial charge < -0.3 is 10.1 Å². The molecule has 4 heteroatoms. The lowest BCUT2D eigenvalue weighted by molar-refractivity contribution is 0.0712. The number of hydrogen-bond donors (Lipinski definition) is 1. The van der Waals surface area contributed by atoms with Gasteiger partial charge in [-0.15, -0.1) is 11.3 Å². The van der Waals surface area contributed by atoms with Crippen LogP contribution in [0.15, 0.2) is 11.4 Å². The third-order valence-corrected chi connectivity index (χ3v) is 4.29. The van der Waals surface area contributed by atoms with E-state index in [1.165, 1.54) is 4.88 Å². The van der Waals surface area contributed by atoms with Gasteiger partial charge in [-0.25, -0.2) is 0 Å². The van der Waals surface area contributed by atoms with Crippen LogP contribution in [0.4, 0.5) is 0 Å². The van der Waals surface area contributed by atoms with Crippen LogP contribution in [-0.4, -0.2) is 24.7 Å². The summed E-state index contributed by atoms with van der Waals surface area (Å²) in [6.07, 6.45) is 4.51. The highest BCUT2D eigenvalue weighted by Crippen LogP contribution is 2.18. The summed E-state index contributed by atoms with van der Waals surface area (Å²) in [7, 11) is 0. The number of carbonyl (C=O) groups is 1. The van der Waals surface area contributed by atoms with Gasteiger partial charge >= 0.3 is 0 Å². The molecule has 3 nitrogen and oxygen atoms in total. The van der Waals surface area contributed by atoms with Gasteiger partial charge in [0, 0.05) is 16.9 Å². The maximum atomic E-state index is 12.1. The SMILES string of the molecule is CCCc1cc(C(=O)N[C@@H](C)[C@H]2CCCO2)cs1. The van der Waals surface area contributed by atoms with Crippen LogP contribution in [0.25, 0.3) is 0 Å². The van der Waals surface area contributed by atoms with E-state index >= 15 is 0 Å². The molecule has 0 bridgehead atoms. The van der Waals surface area contributed by atoms with Gasteiger partial charge in [-0.1, -0.05) is 13.3 Å². The predicted octanol–water partition coefficient (Wildman–Crippen LogP) is 3.00. The van der Waals surface area contributed by atoms with Crippen LogP contribution in [0.5, 0.6) is 0 Å². The molecular formula is C14H21NO2S. The lowest BCUT2D eigenvalue weighted by Gasteiger charge is -2.19. The van der Waals surface area contributed by atoms with Crippen molar-refractivity contribution in [3.8, 4) is 0 Å². The summed E-state index contributed by atoms with van der Waals surface area (Å²) < 4.78 is 5.58. The van der Waals surface area contributed by atoms with E-state index in [2.05, 4.69) is 12.2 Å². The highest BCUT2D eigenvalue weighted by molar-refractivity contribution is 7.10. The van der Waals surface area contributed by atoms with Crippen molar-refractivity contribution < 1.29 is 9.53 Å². The standard InChI is InChI=1S/C14H21NO2S/c1-3-5-12-8-11(9-18-12)14(16)15-10(2)13-6-4-7-17-13/h8-10,13H,3-7H2,1-2H3,(H,15,16)/t10-,13+/m0/s1. The number of amides is 1. The molecule has 0 radical (unpaired) electrons. The lowest BCUT2D eigenvalue weighted by Crippen LogP contribution is -2.40. The molecule has 1 N–H and O–H groups in total. The molecule has 2 atom stereocenters. The summed E-state index contributed by atoms with van der Waals surface area (Å²) in [6.45, 7) is 5.00. The van der Waals surface area contributed by atoms with Crippen LogP contribution in [0.1, 0.15) is 48.3 Å². The molecule has 0 saturated carbocycles. The number of rotatable bonds is 5. The molecule has 1 amide bonds. The fourth-order valence-corrected chi connectivity index (χ4v) is 3.23. The van der Waals surface area contributed by atoms with Crippen molar-refractivity contribution in [1.29, 1.82) is 0 Å². The van der Waals surface area contributed by atoms with Gasteiger partial charge in [0.05, 0.1) is 17.7 Å². The zero-order valence-electron chi connectivity index (χ0n) is 11.1. The van der Waals surface area contributed by atoms with E-state index in [1.807, 2.05) is 18.4 Å². The zero-order chi connectivity index (χ0) is 13.0. The Hall–Kier alpha value is -0.870. The van der Waals surface area contributed by atoms with Crippen molar-refractivity contribution in [3.05, 3.63) is 21.9 Å². The normalized spacial score (nSPS) is 20.9. The number of carbonyl (C=O) groups excluding carboxylic acids is 1. The smallest absolute Gasteiger partial charge is 0.252 e. The molecule has 2 rings (SSSR count). The quantitative estimate of drug-likeness (QED) is 0.890. The molecule has 0 unspecified atom stereocenters. The van der Waals surface area contributed by atoms with E-state index in [0.29, 0.717) is 0 Å². The fraction of sp³-hybridized carbons (Fsp3) is 0.643. The molecule has 1 saturated heterocycles. The molecule has 2 heterocycles. The Balaban J connectivity index is 1.89. The van der Waals surface area contributed by atoms with Crippen LogP contribution in [0.2, 0.25) is 0 Å². The Labute approximate surface area is 113 Å². The predicted molar refractivity (Wildman–Crippen MR) is 74.2 cm³/mol. The van der Waals surface area contributed by atoms with Crippen LogP contribution < -0.4 is 5.32 Å². The van der Waals surface area contributed by atoms with Crippen LogP contribution in [0, 0.1) is 0 Å². The molecule has 1 fully saturated rings. The van der Waals surface area contributed by atoms with Crippen molar-refractivity contribution in [1.82, 2.24) is 5.32 Å². The first-order valence-electron chi connectivity index (χ1n) is 6.70. The third kappa shape index (κ3) is 3.33. The van der Waals surface area contributed by atoms with Crippen LogP contribution in [0.3, 0.4) is 0 Å². The van der Waals surface area contributed by atoms with E-state index in [0.717, 1.165) is 37.9 Å². The van der Waals surface area contributed by atoms with E-state index < -0.39 is 0 Å². The highest BCUT2D eigenvalue weighted by Gasteiger charge is 2.24. The van der Waals surface area contributed by atoms with Crippen molar-refractivity contribution >= 4 is 17.2 Å². The summed E-state index contributed by atoms with van der Waals surface area (Å²) in [6, 6.07) is 2.10. The molecule has 18 heavy (non-hydrogen) atoms. The largest absolute Gasteiger partial charge is 0.376 e. The first-order valence-corrected chi connectivity index (χ1v) is 7.58. The minimum absolute atomic E-state index is 0.0246. The van der Waals surface area contributed by atoms with E-state index in [4.69, 9.17) is 4.74 Å². The summed E-state index contributed by atoms with van der Waals surface area (Å²) in [4.78, 5) is 13.4. The Bertz CT molecular complexity index is 396. The molecule has 0 aromatic carbocycles. The summed E-state index contributed by atoms with van der Waals surface area (Å²) >= 11 is 1.67. The molecule has 100 valence electrons. The highest BCUT2D eigenvalue weighted by atomic mass is 32.1. The van der Waals surface area contributed by atoms with Crippen molar-refractivity contribution in [2.24, 2.45) is 0 Å². The number of ether oxygens (including phenoxy) is 1. The molecule has 1 aromatic rings. The van der Waals surface area contributed by atoms with E-state index in [9.17, 15) is 4.79 Å². The molecule has 0 spiro atoms. The first-order chi connectivity index (χ1) is 8.70. The average molecular weight is 267 g/mol. The minimum atomic E-state index is 0.0246. The Morgan fingerprint density at radius 1 is 1.67 bits per heavy atom. The Morgan fingerprint density at radius 3 is 3.17 bits per heavy atom. The second kappa shape index (κ2) is 6.34. The summed E-state index contributed by atoms with van der Waals surface area (Å²) in [5.74, 6) is 0.0246. The minimum Gasteiger partial charge on any atom is -0.376 e. The third-order valence-electron chi connectivity index (χ3n) is 3.29. The lowest BCUT2D eigenvalue weighted by atomic mass is 10.1. The molecule has 1 aliphatic rings. The second-order valence-corrected chi connectivity index (χ2v) is 5.86. The zero-order valence-corrected chi connectivity index (χ0v) is 11.9. The second-order valence-electron chi connectivity index (χ2n) is 4.87. The fourth-order valence-electron chi connectivity index (χ4n) is 2.26. The number of hydrogen-bond acceptors (Lipinski definition) is 3. The number of aryl methyl sites for hydroxylation is 1. The first kappa shape index (κ1) is 13.6. The van der Waals surface area contributed by atoms with E-state index in [1.54, 1.807) is 11.3 Å². The molecule has 0 aliphatic carbocycles. The monoisotopic (exact) mass is 267 g/mol. The van der Waals surface area contributed by atoms with Gasteiger partial charge in [-0.2, -0.15) is 0 Å². The summed E-state index contributed by atoms with van der Waals surface area (Å²) in [5.41, 5.74) is 0.785. The molecule has 1 aliphatic heterocycles. The van der Waals surface area contributed by atoms with Crippen molar-refractivity contribution in [2.75, 3.05) is 6.61 Å². The van der Waals surface area contributed by atoms with Gasteiger partial charge in [-0.3, -0.25) is 4.79 Å². The maximum absolute atomic E-state index is 12.1. The van der Waals surface area contributed by atoms with Gasteiger partial charge in [0.2, 0.25) is 0 Å². The maximum Gasteiger partial charge on any atom is 0.252 e. The van der Waals surface area contributed by atoms with Gasteiger partial charge in [-0.05, 0) is 32.3 Å². The molecular weight excluding hydrogens is 246 g/mol. The number of nitrogens with one attached hydrogen (secondary N) is 1. The molecule has 1 aromatic heterocycles. The van der Waals surface area contributed by atoms with E-state index in [-0.39, 0.29) is 18.1 Å². The van der Waals surface area contributed by atoms with Crippen LogP contribution in [-0.2, 0) is 11.2 Å². The van der Waals surface area contributed by atoms with Gasteiger partial charge in [0.25, 0.3) is 5.91 Å². The number of thiophene rings is 1. The average Bonchev–Trinajstić information content (AvgIpc) is 3.00. The van der Waals surface area contributed by atoms with Crippen molar-refractivity contribution in [3.63, 3.8) is 0 Å². The Morgan fingerprint density at radius 2 is 2.50 bits per heavy atom. The van der Waals surface area contributed by atoms with Gasteiger partial charge in [0.1, 0.15) is 0 Å². The van der Waals surface area contributed by atoms with Gasteiger partial charge in [0.15, 0.2) is 0 Å². The topological polar surface area (TPSA) is 38.3 Å².